The van der Waals surface area contributed by atoms with Crippen LogP contribution < -0.4 is 10.2 Å². The van der Waals surface area contributed by atoms with Crippen LogP contribution in [0.3, 0.4) is 0 Å². The van der Waals surface area contributed by atoms with E-state index in [0.29, 0.717) is 27.8 Å². The summed E-state index contributed by atoms with van der Waals surface area (Å²) in [6, 6.07) is 20.9. The standard InChI is InChI=1S/C30H33N5O3/c1-6-21-14-16-22(17-15-21)28(29(38)31-30(3,4)5)35(24-11-9-10-23(18-24)20(2)36)27(37)19-34-26-13-8-7-12-25(26)32-33-34/h7-18,28H,6,19H2,1-5H3,(H,31,38)/t28-/m1/s1. The fraction of sp³-hybridized carbons (Fsp3) is 0.300. The fourth-order valence-corrected chi connectivity index (χ4v) is 4.34. The van der Waals surface area contributed by atoms with E-state index in [1.807, 2.05) is 69.3 Å². The highest BCUT2D eigenvalue weighted by atomic mass is 16.2. The zero-order valence-corrected chi connectivity index (χ0v) is 22.4. The first-order valence-electron chi connectivity index (χ1n) is 12.7. The molecule has 1 N–H and O–H groups in total. The molecule has 2 amide bonds. The van der Waals surface area contributed by atoms with Crippen LogP contribution in [0.4, 0.5) is 5.69 Å². The molecule has 4 aromatic rings. The molecule has 0 aliphatic heterocycles. The first kappa shape index (κ1) is 26.7. The highest BCUT2D eigenvalue weighted by Crippen LogP contribution is 2.30. The summed E-state index contributed by atoms with van der Waals surface area (Å²) in [5.74, 6) is -0.828. The van der Waals surface area contributed by atoms with Crippen LogP contribution in [0.1, 0.15) is 62.1 Å². The molecule has 1 aromatic heterocycles. The number of carbonyl (C=O) groups excluding carboxylic acids is 3. The maximum atomic E-state index is 14.1. The number of benzene rings is 3. The number of para-hydroxylation sites is 1. The largest absolute Gasteiger partial charge is 0.349 e. The highest BCUT2D eigenvalue weighted by Gasteiger charge is 2.35. The van der Waals surface area contributed by atoms with E-state index in [-0.39, 0.29) is 24.1 Å². The third-order valence-corrected chi connectivity index (χ3v) is 6.21. The van der Waals surface area contributed by atoms with E-state index in [9.17, 15) is 14.4 Å². The summed E-state index contributed by atoms with van der Waals surface area (Å²) >= 11 is 0. The molecule has 8 heteroatoms. The SMILES string of the molecule is CCc1ccc([C@H](C(=O)NC(C)(C)C)N(C(=O)Cn2nnc3ccccc32)c2cccc(C(C)=O)c2)cc1. The molecular weight excluding hydrogens is 478 g/mol. The van der Waals surface area contributed by atoms with Crippen molar-refractivity contribution in [1.82, 2.24) is 20.3 Å². The van der Waals surface area contributed by atoms with E-state index >= 15 is 0 Å². The van der Waals surface area contributed by atoms with Gasteiger partial charge in [0.05, 0.1) is 5.52 Å². The molecule has 8 nitrogen and oxygen atoms in total. The molecule has 0 aliphatic rings. The van der Waals surface area contributed by atoms with Crippen molar-refractivity contribution in [3.63, 3.8) is 0 Å². The normalized spacial score (nSPS) is 12.2. The number of nitrogens with one attached hydrogen (secondary N) is 1. The second kappa shape index (κ2) is 11.0. The Morgan fingerprint density at radius 2 is 1.68 bits per heavy atom. The number of fused-ring (bicyclic) bond motifs is 1. The number of nitrogens with zero attached hydrogens (tertiary/aromatic N) is 4. The van der Waals surface area contributed by atoms with E-state index in [1.165, 1.54) is 16.5 Å². The molecule has 0 aliphatic carbocycles. The van der Waals surface area contributed by atoms with Crippen LogP contribution in [0.5, 0.6) is 0 Å². The number of anilines is 1. The monoisotopic (exact) mass is 511 g/mol. The number of ketones is 1. The molecular formula is C30H33N5O3. The minimum absolute atomic E-state index is 0.135. The van der Waals surface area contributed by atoms with E-state index in [2.05, 4.69) is 22.6 Å². The Labute approximate surface area is 222 Å². The Balaban J connectivity index is 1.86. The number of rotatable bonds is 8. The quantitative estimate of drug-likeness (QED) is 0.340. The average molecular weight is 512 g/mol. The molecule has 0 unspecified atom stereocenters. The molecule has 0 saturated carbocycles. The third kappa shape index (κ3) is 5.96. The molecule has 38 heavy (non-hydrogen) atoms. The summed E-state index contributed by atoms with van der Waals surface area (Å²) in [5.41, 5.74) is 3.52. The van der Waals surface area contributed by atoms with Crippen LogP contribution in [0.15, 0.2) is 72.8 Å². The Bertz CT molecular complexity index is 1470. The van der Waals surface area contributed by atoms with Gasteiger partial charge in [-0.2, -0.15) is 0 Å². The number of aryl methyl sites for hydroxylation is 1. The van der Waals surface area contributed by atoms with Gasteiger partial charge < -0.3 is 5.32 Å². The highest BCUT2D eigenvalue weighted by molar-refractivity contribution is 6.03. The molecule has 196 valence electrons. The molecule has 1 atom stereocenters. The lowest BCUT2D eigenvalue weighted by molar-refractivity contribution is -0.128. The molecule has 4 rings (SSSR count). The third-order valence-electron chi connectivity index (χ3n) is 6.21. The number of hydrogen-bond acceptors (Lipinski definition) is 5. The number of amides is 2. The number of aromatic nitrogens is 3. The van der Waals surface area contributed by atoms with Crippen LogP contribution in [-0.2, 0) is 22.6 Å². The molecule has 0 radical (unpaired) electrons. The summed E-state index contributed by atoms with van der Waals surface area (Å²) in [6.45, 7) is 9.08. The van der Waals surface area contributed by atoms with Crippen LogP contribution in [-0.4, -0.2) is 38.1 Å². The van der Waals surface area contributed by atoms with E-state index in [0.717, 1.165) is 12.0 Å². The Hall–Kier alpha value is -4.33. The van der Waals surface area contributed by atoms with Gasteiger partial charge in [0.2, 0.25) is 11.8 Å². The van der Waals surface area contributed by atoms with Crippen molar-refractivity contribution in [2.45, 2.75) is 59.2 Å². The van der Waals surface area contributed by atoms with Crippen LogP contribution >= 0.6 is 0 Å². The first-order valence-corrected chi connectivity index (χ1v) is 12.7. The molecule has 0 fully saturated rings. The van der Waals surface area contributed by atoms with Crippen molar-refractivity contribution in [2.75, 3.05) is 4.90 Å². The van der Waals surface area contributed by atoms with Crippen LogP contribution in [0, 0.1) is 0 Å². The summed E-state index contributed by atoms with van der Waals surface area (Å²) in [4.78, 5) is 41.7. The lowest BCUT2D eigenvalue weighted by Crippen LogP contribution is -2.50. The van der Waals surface area contributed by atoms with Gasteiger partial charge in [0.25, 0.3) is 0 Å². The maximum absolute atomic E-state index is 14.1. The second-order valence-electron chi connectivity index (χ2n) is 10.3. The summed E-state index contributed by atoms with van der Waals surface area (Å²) in [6.07, 6.45) is 0.849. The van der Waals surface area contributed by atoms with Gasteiger partial charge in [-0.25, -0.2) is 4.68 Å². The van der Waals surface area contributed by atoms with Crippen molar-refractivity contribution in [1.29, 1.82) is 0 Å². The van der Waals surface area contributed by atoms with Crippen molar-refractivity contribution in [2.24, 2.45) is 0 Å². The average Bonchev–Trinajstić information content (AvgIpc) is 3.29. The number of hydrogen-bond donors (Lipinski definition) is 1. The predicted octanol–water partition coefficient (Wildman–Crippen LogP) is 4.89. The maximum Gasteiger partial charge on any atom is 0.249 e. The van der Waals surface area contributed by atoms with Gasteiger partial charge in [-0.15, -0.1) is 5.10 Å². The molecule has 1 heterocycles. The van der Waals surface area contributed by atoms with Gasteiger partial charge in [0.1, 0.15) is 18.1 Å². The van der Waals surface area contributed by atoms with Crippen LogP contribution in [0.25, 0.3) is 11.0 Å². The predicted molar refractivity (Wildman–Crippen MR) is 148 cm³/mol. The summed E-state index contributed by atoms with van der Waals surface area (Å²) < 4.78 is 1.53. The van der Waals surface area contributed by atoms with Crippen molar-refractivity contribution >= 4 is 34.3 Å². The Morgan fingerprint density at radius 3 is 2.34 bits per heavy atom. The number of carbonyl (C=O) groups is 3. The Kier molecular flexibility index (Phi) is 7.71. The van der Waals surface area contributed by atoms with E-state index < -0.39 is 11.6 Å². The van der Waals surface area contributed by atoms with Gasteiger partial charge >= 0.3 is 0 Å². The zero-order valence-electron chi connectivity index (χ0n) is 22.4. The van der Waals surface area contributed by atoms with Gasteiger partial charge in [-0.3, -0.25) is 19.3 Å². The smallest absolute Gasteiger partial charge is 0.249 e. The zero-order chi connectivity index (χ0) is 27.4. The van der Waals surface area contributed by atoms with Gasteiger partial charge in [-0.05, 0) is 69.5 Å². The second-order valence-corrected chi connectivity index (χ2v) is 10.3. The van der Waals surface area contributed by atoms with Gasteiger partial charge in [-0.1, -0.05) is 60.7 Å². The van der Waals surface area contributed by atoms with E-state index in [1.54, 1.807) is 24.3 Å². The molecule has 0 bridgehead atoms. The molecule has 0 spiro atoms. The van der Waals surface area contributed by atoms with Crippen molar-refractivity contribution < 1.29 is 14.4 Å². The van der Waals surface area contributed by atoms with Gasteiger partial charge in [0.15, 0.2) is 5.78 Å². The lowest BCUT2D eigenvalue weighted by Gasteiger charge is -2.34. The molecule has 0 saturated heterocycles. The summed E-state index contributed by atoms with van der Waals surface area (Å²) in [7, 11) is 0. The minimum Gasteiger partial charge on any atom is -0.349 e. The molecule has 3 aromatic carbocycles. The topological polar surface area (TPSA) is 97.2 Å². The van der Waals surface area contributed by atoms with E-state index in [4.69, 9.17) is 0 Å². The Morgan fingerprint density at radius 1 is 0.974 bits per heavy atom. The minimum atomic E-state index is -0.982. The van der Waals surface area contributed by atoms with Crippen LogP contribution in [0.2, 0.25) is 0 Å². The van der Waals surface area contributed by atoms with Crippen molar-refractivity contribution in [3.05, 3.63) is 89.5 Å². The first-order chi connectivity index (χ1) is 18.1. The number of Topliss-reactive ketones (excluding diaryl/α,β-unsaturated/α-hetero) is 1. The fourth-order valence-electron chi connectivity index (χ4n) is 4.34. The van der Waals surface area contributed by atoms with Gasteiger partial charge in [0, 0.05) is 16.8 Å². The lowest BCUT2D eigenvalue weighted by atomic mass is 9.98. The van der Waals surface area contributed by atoms with Crippen molar-refractivity contribution in [3.8, 4) is 0 Å². The summed E-state index contributed by atoms with van der Waals surface area (Å²) in [5, 5.41) is 11.4.